The van der Waals surface area contributed by atoms with Crippen molar-refractivity contribution in [1.82, 2.24) is 14.8 Å². The lowest BCUT2D eigenvalue weighted by atomic mass is 10.0. The highest BCUT2D eigenvalue weighted by atomic mass is 16.6. The van der Waals surface area contributed by atoms with Crippen LogP contribution in [0.3, 0.4) is 0 Å². The monoisotopic (exact) mass is 319 g/mol. The molecule has 1 aromatic heterocycles. The molecule has 23 heavy (non-hydrogen) atoms. The largest absolute Gasteiger partial charge is 0.444 e. The topological polar surface area (TPSA) is 45.7 Å². The summed E-state index contributed by atoms with van der Waals surface area (Å²) in [5, 5.41) is 0. The van der Waals surface area contributed by atoms with Crippen LogP contribution in [0.25, 0.3) is 0 Å². The van der Waals surface area contributed by atoms with E-state index in [9.17, 15) is 4.79 Å². The molecule has 1 aromatic rings. The number of carbonyl (C=O) groups is 1. The molecule has 0 aliphatic carbocycles. The summed E-state index contributed by atoms with van der Waals surface area (Å²) in [6.45, 7) is 8.23. The number of amides is 1. The summed E-state index contributed by atoms with van der Waals surface area (Å²) < 4.78 is 5.57. The molecule has 1 aliphatic rings. The molecule has 0 N–H and O–H groups in total. The van der Waals surface area contributed by atoms with E-state index in [2.05, 4.69) is 23.0 Å². The molecule has 0 spiro atoms. The van der Waals surface area contributed by atoms with Crippen molar-refractivity contribution in [2.45, 2.75) is 58.2 Å². The predicted molar refractivity (Wildman–Crippen MR) is 91.2 cm³/mol. The van der Waals surface area contributed by atoms with Crippen molar-refractivity contribution in [1.29, 1.82) is 0 Å². The second kappa shape index (κ2) is 7.77. The molecule has 5 heteroatoms. The maximum absolute atomic E-state index is 12.4. The Morgan fingerprint density at radius 2 is 2.22 bits per heavy atom. The number of aromatic nitrogens is 1. The molecule has 128 valence electrons. The number of hydrogen-bond acceptors (Lipinski definition) is 4. The molecule has 1 amide bonds. The van der Waals surface area contributed by atoms with E-state index in [4.69, 9.17) is 4.74 Å². The highest BCUT2D eigenvalue weighted by Crippen LogP contribution is 2.21. The van der Waals surface area contributed by atoms with Crippen LogP contribution in [0.15, 0.2) is 24.5 Å². The fourth-order valence-electron chi connectivity index (χ4n) is 2.98. The standard InChI is InChI=1S/C18H29N3O2/c1-18(2,3)23-17(22)21-11-6-5-9-16(21)14-20(4)13-15-8-7-10-19-12-15/h7-8,10,12,16H,5-6,9,11,13-14H2,1-4H3. The molecule has 0 radical (unpaired) electrons. The van der Waals surface area contributed by atoms with Gasteiger partial charge in [0.25, 0.3) is 0 Å². The Hall–Kier alpha value is -1.62. The Bertz CT molecular complexity index is 499. The molecule has 1 aliphatic heterocycles. The third kappa shape index (κ3) is 5.82. The Morgan fingerprint density at radius 3 is 2.87 bits per heavy atom. The summed E-state index contributed by atoms with van der Waals surface area (Å²) in [5.41, 5.74) is 0.746. The lowest BCUT2D eigenvalue weighted by Gasteiger charge is -2.38. The minimum absolute atomic E-state index is 0.183. The number of ether oxygens (including phenoxy) is 1. The third-order valence-electron chi connectivity index (χ3n) is 3.95. The fourth-order valence-corrected chi connectivity index (χ4v) is 2.98. The second-order valence-electron chi connectivity index (χ2n) is 7.38. The van der Waals surface area contributed by atoms with Gasteiger partial charge in [0.05, 0.1) is 0 Å². The van der Waals surface area contributed by atoms with Crippen LogP contribution in [0.5, 0.6) is 0 Å². The van der Waals surface area contributed by atoms with Gasteiger partial charge in [-0.15, -0.1) is 0 Å². The molecule has 5 nitrogen and oxygen atoms in total. The highest BCUT2D eigenvalue weighted by Gasteiger charge is 2.30. The average molecular weight is 319 g/mol. The van der Waals surface area contributed by atoms with Gasteiger partial charge >= 0.3 is 6.09 Å². The van der Waals surface area contributed by atoms with Crippen LogP contribution in [0.4, 0.5) is 4.79 Å². The molecule has 2 heterocycles. The van der Waals surface area contributed by atoms with E-state index in [-0.39, 0.29) is 12.1 Å². The Labute approximate surface area is 139 Å². The molecule has 1 atom stereocenters. The van der Waals surface area contributed by atoms with Gasteiger partial charge in [0.1, 0.15) is 5.60 Å². The van der Waals surface area contributed by atoms with E-state index >= 15 is 0 Å². The van der Waals surface area contributed by atoms with Gasteiger partial charge in [0.15, 0.2) is 0 Å². The first-order valence-electron chi connectivity index (χ1n) is 8.42. The van der Waals surface area contributed by atoms with E-state index < -0.39 is 5.60 Å². The predicted octanol–water partition coefficient (Wildman–Crippen LogP) is 3.30. The van der Waals surface area contributed by atoms with Crippen LogP contribution >= 0.6 is 0 Å². The van der Waals surface area contributed by atoms with Crippen molar-refractivity contribution in [3.8, 4) is 0 Å². The molecule has 0 saturated carbocycles. The first-order chi connectivity index (χ1) is 10.8. The van der Waals surface area contributed by atoms with Crippen LogP contribution in [-0.4, -0.2) is 52.7 Å². The molecule has 0 bridgehead atoms. The second-order valence-corrected chi connectivity index (χ2v) is 7.38. The number of likely N-dealkylation sites (N-methyl/N-ethyl adjacent to an activating group) is 1. The average Bonchev–Trinajstić information content (AvgIpc) is 2.47. The van der Waals surface area contributed by atoms with Gasteiger partial charge in [-0.25, -0.2) is 4.79 Å². The van der Waals surface area contributed by atoms with Crippen LogP contribution < -0.4 is 0 Å². The van der Waals surface area contributed by atoms with E-state index in [1.165, 1.54) is 12.0 Å². The minimum atomic E-state index is -0.444. The normalized spacial score (nSPS) is 19.0. The molecule has 1 saturated heterocycles. The number of likely N-dealkylation sites (tertiary alicyclic amines) is 1. The van der Waals surface area contributed by atoms with Crippen molar-refractivity contribution >= 4 is 6.09 Å². The van der Waals surface area contributed by atoms with Crippen molar-refractivity contribution in [3.63, 3.8) is 0 Å². The Kier molecular flexibility index (Phi) is 5.99. The van der Waals surface area contributed by atoms with Crippen molar-refractivity contribution < 1.29 is 9.53 Å². The van der Waals surface area contributed by atoms with Crippen LogP contribution in [0.2, 0.25) is 0 Å². The van der Waals surface area contributed by atoms with Crippen molar-refractivity contribution in [3.05, 3.63) is 30.1 Å². The molecular formula is C18H29N3O2. The molecule has 2 rings (SSSR count). The third-order valence-corrected chi connectivity index (χ3v) is 3.95. The zero-order chi connectivity index (χ0) is 16.9. The van der Waals surface area contributed by atoms with Gasteiger partial charge in [-0.05, 0) is 58.7 Å². The Balaban J connectivity index is 1.94. The maximum Gasteiger partial charge on any atom is 0.410 e. The van der Waals surface area contributed by atoms with Crippen molar-refractivity contribution in [2.75, 3.05) is 20.1 Å². The quantitative estimate of drug-likeness (QED) is 0.854. The zero-order valence-electron chi connectivity index (χ0n) is 14.8. The zero-order valence-corrected chi connectivity index (χ0v) is 14.8. The maximum atomic E-state index is 12.4. The summed E-state index contributed by atoms with van der Waals surface area (Å²) in [7, 11) is 2.09. The Morgan fingerprint density at radius 1 is 1.43 bits per heavy atom. The molecule has 0 aromatic carbocycles. The van der Waals surface area contributed by atoms with Crippen molar-refractivity contribution in [2.24, 2.45) is 0 Å². The number of pyridine rings is 1. The summed E-state index contributed by atoms with van der Waals surface area (Å²) in [5.74, 6) is 0. The summed E-state index contributed by atoms with van der Waals surface area (Å²) in [6, 6.07) is 4.26. The number of rotatable bonds is 4. The first-order valence-corrected chi connectivity index (χ1v) is 8.42. The number of piperidine rings is 1. The molecular weight excluding hydrogens is 290 g/mol. The van der Waals surface area contributed by atoms with Gasteiger partial charge in [0.2, 0.25) is 0 Å². The SMILES string of the molecule is CN(Cc1cccnc1)CC1CCCCN1C(=O)OC(C)(C)C. The van der Waals surface area contributed by atoms with E-state index in [1.807, 2.05) is 37.9 Å². The van der Waals surface area contributed by atoms with Crippen LogP contribution in [0, 0.1) is 0 Å². The van der Waals surface area contributed by atoms with Gasteiger partial charge in [-0.3, -0.25) is 4.98 Å². The number of hydrogen-bond donors (Lipinski definition) is 0. The van der Waals surface area contributed by atoms with E-state index in [0.717, 1.165) is 32.5 Å². The summed E-state index contributed by atoms with van der Waals surface area (Å²) in [4.78, 5) is 20.8. The lowest BCUT2D eigenvalue weighted by molar-refractivity contribution is 0.00586. The molecule has 1 unspecified atom stereocenters. The summed E-state index contributed by atoms with van der Waals surface area (Å²) >= 11 is 0. The van der Waals surface area contributed by atoms with Crippen LogP contribution in [-0.2, 0) is 11.3 Å². The number of carbonyl (C=O) groups excluding carboxylic acids is 1. The van der Waals surface area contributed by atoms with Gasteiger partial charge < -0.3 is 14.5 Å². The lowest BCUT2D eigenvalue weighted by Crippen LogP contribution is -2.50. The fraction of sp³-hybridized carbons (Fsp3) is 0.667. The highest BCUT2D eigenvalue weighted by molar-refractivity contribution is 5.68. The van der Waals surface area contributed by atoms with Gasteiger partial charge in [0, 0.05) is 38.1 Å². The van der Waals surface area contributed by atoms with Gasteiger partial charge in [-0.1, -0.05) is 6.07 Å². The first kappa shape index (κ1) is 17.7. The molecule has 1 fully saturated rings. The van der Waals surface area contributed by atoms with Crippen LogP contribution in [0.1, 0.15) is 45.6 Å². The van der Waals surface area contributed by atoms with Gasteiger partial charge in [-0.2, -0.15) is 0 Å². The number of nitrogens with zero attached hydrogens (tertiary/aromatic N) is 3. The minimum Gasteiger partial charge on any atom is -0.444 e. The summed E-state index contributed by atoms with van der Waals surface area (Å²) in [6.07, 6.45) is 6.76. The smallest absolute Gasteiger partial charge is 0.410 e. The van der Waals surface area contributed by atoms with E-state index in [1.54, 1.807) is 6.20 Å². The van der Waals surface area contributed by atoms with E-state index in [0.29, 0.717) is 0 Å².